The van der Waals surface area contributed by atoms with Gasteiger partial charge in [0.1, 0.15) is 54.4 Å². The van der Waals surface area contributed by atoms with Crippen LogP contribution >= 0.6 is 12.6 Å². The molecule has 12 atom stereocenters. The predicted octanol–water partition coefficient (Wildman–Crippen LogP) is -8.09. The van der Waals surface area contributed by atoms with Crippen molar-refractivity contribution in [2.75, 3.05) is 19.0 Å². The summed E-state index contributed by atoms with van der Waals surface area (Å²) >= 11 is 4.02. The Bertz CT molecular complexity index is 1620. The second-order valence-corrected chi connectivity index (χ2v) is 15.8. The number of carbonyl (C=O) groups is 10. The van der Waals surface area contributed by atoms with Crippen LogP contribution in [0.3, 0.4) is 0 Å². The van der Waals surface area contributed by atoms with Crippen LogP contribution in [0.5, 0.6) is 0 Å². The molecule has 0 aromatic rings. The average molecular weight is 925 g/mol. The first-order valence-corrected chi connectivity index (χ1v) is 20.3. The summed E-state index contributed by atoms with van der Waals surface area (Å²) < 4.78 is 0. The number of carbonyl (C=O) groups excluding carboxylic acids is 9. The highest BCUT2D eigenvalue weighted by molar-refractivity contribution is 7.80. The number of carboxylic acids is 1. The van der Waals surface area contributed by atoms with E-state index in [-0.39, 0.29) is 12.3 Å². The van der Waals surface area contributed by atoms with Crippen molar-refractivity contribution in [2.45, 2.75) is 134 Å². The number of amides is 9. The van der Waals surface area contributed by atoms with Crippen molar-refractivity contribution in [1.82, 2.24) is 42.5 Å². The molecule has 26 nitrogen and oxygen atoms in total. The summed E-state index contributed by atoms with van der Waals surface area (Å²) in [5, 5.41) is 76.8. The van der Waals surface area contributed by atoms with Gasteiger partial charge in [-0.2, -0.15) is 12.6 Å². The molecule has 0 fully saturated rings. The van der Waals surface area contributed by atoms with Gasteiger partial charge in [-0.3, -0.25) is 43.2 Å². The molecule has 0 saturated carbocycles. The van der Waals surface area contributed by atoms with Gasteiger partial charge in [-0.15, -0.1) is 0 Å². The molecule has 0 saturated heterocycles. The molecule has 0 heterocycles. The van der Waals surface area contributed by atoms with Gasteiger partial charge in [0.15, 0.2) is 0 Å². The van der Waals surface area contributed by atoms with E-state index in [4.69, 9.17) is 11.5 Å². The molecule has 0 radical (unpaired) electrons. The van der Waals surface area contributed by atoms with Gasteiger partial charge in [0.25, 0.3) is 0 Å². The lowest BCUT2D eigenvalue weighted by Crippen LogP contribution is -2.63. The van der Waals surface area contributed by atoms with E-state index in [1.807, 2.05) is 0 Å². The molecule has 18 N–H and O–H groups in total. The highest BCUT2D eigenvalue weighted by Gasteiger charge is 2.37. The fraction of sp³-hybridized carbons (Fsp3) is 0.722. The smallest absolute Gasteiger partial charge is 0.326 e. The third-order valence-corrected chi connectivity index (χ3v) is 9.37. The molecule has 0 aromatic carbocycles. The lowest BCUT2D eigenvalue weighted by Gasteiger charge is -2.28. The Morgan fingerprint density at radius 3 is 1.19 bits per heavy atom. The van der Waals surface area contributed by atoms with Crippen molar-refractivity contribution in [3.8, 4) is 0 Å². The van der Waals surface area contributed by atoms with Gasteiger partial charge < -0.3 is 84.6 Å². The topological polar surface area (TPSA) is 440 Å². The van der Waals surface area contributed by atoms with Gasteiger partial charge in [0.2, 0.25) is 53.2 Å². The molecule has 63 heavy (non-hydrogen) atoms. The Labute approximate surface area is 368 Å². The number of rotatable bonds is 28. The SMILES string of the molecule is CC(C)C[C@H](NC(=O)[C@@H](N)[C@@H](C)O)C(=O)N[C@H](C(=O)N[C@@H](CO)C(=O)N[C@@H](CS)C(=O)N[C@@H](CC(N)=O)C(=O)N[C@H](C(=O)N[C@@H](CO)C(=O)N[C@H](C(=O)O)C(C)C)[C@@H](C)O)[C@@H](C)O. The predicted molar refractivity (Wildman–Crippen MR) is 222 cm³/mol. The number of hydrogen-bond acceptors (Lipinski definition) is 17. The van der Waals surface area contributed by atoms with Gasteiger partial charge in [0, 0.05) is 5.75 Å². The average Bonchev–Trinajstić information content (AvgIpc) is 3.18. The standard InChI is InChI=1S/C36H64N10O16S/c1-13(2)8-18(40-33(58)24(38)15(5)49)28(53)45-26(16(6)50)34(59)41-20(10-47)30(55)43-22(12-63)32(57)39-19(9-23(37)52)29(54)46-27(17(7)51)35(60)42-21(11-48)31(56)44-25(14(3)4)36(61)62/h13-22,24-27,47-51,63H,8-12,38H2,1-7H3,(H2,37,52)(H,39,57)(H,40,58)(H,41,59)(H,42,60)(H,43,55)(H,44,56)(H,45,53)(H,46,54)(H,61,62)/t15-,16-,17-,18+,19+,20+,21+,22+,24+,25+,26+,27+/m1/s1. The highest BCUT2D eigenvalue weighted by Crippen LogP contribution is 2.08. The summed E-state index contributed by atoms with van der Waals surface area (Å²) in [6.45, 7) is 7.69. The summed E-state index contributed by atoms with van der Waals surface area (Å²) in [5.41, 5.74) is 10.9. The molecule has 0 aliphatic rings. The minimum atomic E-state index is -1.91. The van der Waals surface area contributed by atoms with Crippen LogP contribution in [-0.2, 0) is 47.9 Å². The molecule has 0 unspecified atom stereocenters. The van der Waals surface area contributed by atoms with E-state index >= 15 is 0 Å². The molecule has 27 heteroatoms. The molecule has 9 amide bonds. The second kappa shape index (κ2) is 27.8. The van der Waals surface area contributed by atoms with Crippen molar-refractivity contribution >= 4 is 71.8 Å². The summed E-state index contributed by atoms with van der Waals surface area (Å²) in [6.07, 6.45) is -5.49. The molecule has 0 aromatic heterocycles. The fourth-order valence-corrected chi connectivity index (χ4v) is 5.59. The van der Waals surface area contributed by atoms with Gasteiger partial charge >= 0.3 is 5.97 Å². The Morgan fingerprint density at radius 2 is 0.841 bits per heavy atom. The first kappa shape index (κ1) is 57.8. The van der Waals surface area contributed by atoms with Crippen molar-refractivity contribution in [3.63, 3.8) is 0 Å². The van der Waals surface area contributed by atoms with E-state index < -0.39 is 163 Å². The van der Waals surface area contributed by atoms with E-state index in [0.29, 0.717) is 0 Å². The number of aliphatic hydroxyl groups is 5. The van der Waals surface area contributed by atoms with Gasteiger partial charge in [-0.25, -0.2) is 4.79 Å². The number of aliphatic hydroxyl groups excluding tert-OH is 5. The summed E-state index contributed by atoms with van der Waals surface area (Å²) in [5.74, 6) is -13.0. The molecule has 0 aliphatic carbocycles. The van der Waals surface area contributed by atoms with Crippen molar-refractivity contribution < 1.29 is 78.6 Å². The molecule has 0 rings (SSSR count). The number of primary amides is 1. The lowest BCUT2D eigenvalue weighted by molar-refractivity contribution is -0.144. The zero-order chi connectivity index (χ0) is 49.0. The maximum absolute atomic E-state index is 13.3. The molecule has 0 spiro atoms. The number of carboxylic acid groups (broad SMARTS) is 1. The Kier molecular flexibility index (Phi) is 25.5. The first-order chi connectivity index (χ1) is 29.1. The van der Waals surface area contributed by atoms with Crippen LogP contribution in [-0.4, -0.2) is 181 Å². The lowest BCUT2D eigenvalue weighted by atomic mass is 10.0. The van der Waals surface area contributed by atoms with E-state index in [2.05, 4.69) is 55.2 Å². The van der Waals surface area contributed by atoms with E-state index in [1.54, 1.807) is 13.8 Å². The molecule has 0 aliphatic heterocycles. The molecule has 360 valence electrons. The zero-order valence-corrected chi connectivity index (χ0v) is 36.9. The molecular formula is C36H64N10O16S. The number of nitrogens with two attached hydrogens (primary N) is 2. The van der Waals surface area contributed by atoms with Crippen LogP contribution in [0.1, 0.15) is 61.3 Å². The van der Waals surface area contributed by atoms with E-state index in [1.165, 1.54) is 20.8 Å². The van der Waals surface area contributed by atoms with Gasteiger partial charge in [0.05, 0.1) is 37.9 Å². The normalized spacial score (nSPS) is 17.0. The van der Waals surface area contributed by atoms with Crippen molar-refractivity contribution in [3.05, 3.63) is 0 Å². The minimum Gasteiger partial charge on any atom is -0.480 e. The maximum atomic E-state index is 13.3. The molecular weight excluding hydrogens is 861 g/mol. The number of aliphatic carboxylic acids is 1. The first-order valence-electron chi connectivity index (χ1n) is 19.7. The maximum Gasteiger partial charge on any atom is 0.326 e. The number of nitrogens with one attached hydrogen (secondary N) is 8. The van der Waals surface area contributed by atoms with E-state index in [0.717, 1.165) is 13.8 Å². The van der Waals surface area contributed by atoms with Crippen LogP contribution in [0.15, 0.2) is 0 Å². The second-order valence-electron chi connectivity index (χ2n) is 15.4. The van der Waals surface area contributed by atoms with Crippen LogP contribution in [0.4, 0.5) is 0 Å². The van der Waals surface area contributed by atoms with Crippen LogP contribution in [0.2, 0.25) is 0 Å². The van der Waals surface area contributed by atoms with Gasteiger partial charge in [-0.1, -0.05) is 27.7 Å². The van der Waals surface area contributed by atoms with Crippen LogP contribution in [0, 0.1) is 11.8 Å². The quantitative estimate of drug-likeness (QED) is 0.0324. The summed E-state index contributed by atoms with van der Waals surface area (Å²) in [6, 6.07) is -15.0. The number of thiol groups is 1. The monoisotopic (exact) mass is 924 g/mol. The summed E-state index contributed by atoms with van der Waals surface area (Å²) in [4.78, 5) is 128. The van der Waals surface area contributed by atoms with Crippen molar-refractivity contribution in [2.24, 2.45) is 23.3 Å². The Hall–Kier alpha value is -5.19. The van der Waals surface area contributed by atoms with Crippen LogP contribution < -0.4 is 54.0 Å². The Balaban J connectivity index is 6.05. The summed E-state index contributed by atoms with van der Waals surface area (Å²) in [7, 11) is 0. The highest BCUT2D eigenvalue weighted by atomic mass is 32.1. The molecule has 0 bridgehead atoms. The van der Waals surface area contributed by atoms with E-state index in [9.17, 15) is 78.6 Å². The van der Waals surface area contributed by atoms with Crippen LogP contribution in [0.25, 0.3) is 0 Å². The number of hydrogen-bond donors (Lipinski definition) is 17. The zero-order valence-electron chi connectivity index (χ0n) is 36.0. The van der Waals surface area contributed by atoms with Gasteiger partial charge in [-0.05, 0) is 39.0 Å². The third-order valence-electron chi connectivity index (χ3n) is 9.00. The largest absolute Gasteiger partial charge is 0.480 e. The fourth-order valence-electron chi connectivity index (χ4n) is 5.34. The Morgan fingerprint density at radius 1 is 0.492 bits per heavy atom. The van der Waals surface area contributed by atoms with Crippen molar-refractivity contribution in [1.29, 1.82) is 0 Å². The third kappa shape index (κ3) is 19.8. The minimum absolute atomic E-state index is 0.0350.